The van der Waals surface area contributed by atoms with E-state index >= 15 is 0 Å². The van der Waals surface area contributed by atoms with Gasteiger partial charge in [0, 0.05) is 69.7 Å². The van der Waals surface area contributed by atoms with E-state index in [1.54, 1.807) is 56.3 Å². The number of likely N-dealkylation sites (tertiary alicyclic amines) is 1. The number of aliphatic carboxylic acids is 1. The number of guanidine groups is 2. The van der Waals surface area contributed by atoms with Gasteiger partial charge in [0.2, 0.25) is 76.8 Å². The Morgan fingerprint density at radius 1 is 0.523 bits per heavy atom. The number of aromatic nitrogens is 1. The summed E-state index contributed by atoms with van der Waals surface area (Å²) in [6.07, 6.45) is 1.20. The van der Waals surface area contributed by atoms with Crippen LogP contribution in [0.2, 0.25) is 5.02 Å². The van der Waals surface area contributed by atoms with Crippen molar-refractivity contribution >= 4 is 117 Å². The number of benzene rings is 3. The van der Waals surface area contributed by atoms with Crippen molar-refractivity contribution in [1.29, 1.82) is 0 Å². The molecule has 1 aliphatic rings. The standard InChI is InChI=1S/C72H101ClN20O16/c1-38(2)31-52(63(101)88-51(17-11-29-81-72(77)78)69(107)93-30-12-18-57(93)68(106)83-39(3)59(74)97)89-62(100)50(25-26-58(96)82-40(4)60(98)84-41(5)70(108)109)87-61(99)49(16-10-28-80-71(75)76)86-67(105)56(37-94)92-66(104)55(35-45-13-9-27-79-36-45)91-65(103)54(33-43-20-23-48(73)24-21-43)90-64(102)53(85-42(6)95)34-44-19-22-46-14-7-8-15-47(46)32-44/h7-9,13-15,19-24,27,32,36,38-41,49-57,94H,10-12,16-18,25-26,28-31,33-35,37H2,1-6H3,(H2,74,97)(H,82,96)(H,83,106)(H,84,98)(H,85,95)(H,86,105)(H,87,99)(H,88,101)(H,89,100)(H,90,102)(H,91,103)(H,92,104)(H,108,109)(H4,75,76,80)(H4,77,78,81)/t39-,40-,41-,49-,50-,51-,52-,53+,54-,55+,56-,57+/m0/s1. The number of carbonyl (C=O) groups is 14. The van der Waals surface area contributed by atoms with Crippen molar-refractivity contribution in [2.45, 2.75) is 191 Å². The van der Waals surface area contributed by atoms with E-state index in [9.17, 15) is 77.3 Å². The highest BCUT2D eigenvalue weighted by molar-refractivity contribution is 6.30. The summed E-state index contributed by atoms with van der Waals surface area (Å²) in [5.74, 6) is -14.0. The van der Waals surface area contributed by atoms with E-state index in [1.165, 1.54) is 45.0 Å². The number of hydrogen-bond acceptors (Lipinski definition) is 18. The fraction of sp³-hybridized carbons (Fsp3) is 0.486. The van der Waals surface area contributed by atoms with Crippen LogP contribution in [-0.2, 0) is 86.4 Å². The van der Waals surface area contributed by atoms with Crippen molar-refractivity contribution in [3.63, 3.8) is 0 Å². The van der Waals surface area contributed by atoms with Gasteiger partial charge in [0.25, 0.3) is 0 Å². The number of carboxylic acids is 1. The minimum absolute atomic E-state index is 0.00247. The summed E-state index contributed by atoms with van der Waals surface area (Å²) < 4.78 is 0. The molecular formula is C72H101ClN20O16. The smallest absolute Gasteiger partial charge is 0.325 e. The zero-order chi connectivity index (χ0) is 80.6. The molecule has 13 amide bonds. The number of rotatable bonds is 43. The fourth-order valence-electron chi connectivity index (χ4n) is 11.6. The van der Waals surface area contributed by atoms with Crippen molar-refractivity contribution in [3.8, 4) is 0 Å². The third-order valence-electron chi connectivity index (χ3n) is 17.4. The van der Waals surface area contributed by atoms with E-state index in [-0.39, 0.29) is 95.3 Å². The first-order valence-corrected chi connectivity index (χ1v) is 36.0. The third kappa shape index (κ3) is 30.0. The van der Waals surface area contributed by atoms with E-state index in [2.05, 4.69) is 73.5 Å². The Morgan fingerprint density at radius 2 is 1.02 bits per heavy atom. The second kappa shape index (κ2) is 43.9. The molecule has 2 heterocycles. The lowest BCUT2D eigenvalue weighted by molar-refractivity contribution is -0.142. The molecule has 0 bridgehead atoms. The minimum Gasteiger partial charge on any atom is -0.480 e. The fourth-order valence-corrected chi connectivity index (χ4v) is 11.8. The Labute approximate surface area is 635 Å². The first kappa shape index (κ1) is 88.1. The van der Waals surface area contributed by atoms with Crippen LogP contribution in [0.3, 0.4) is 0 Å². The van der Waals surface area contributed by atoms with E-state index < -0.39 is 175 Å². The molecule has 0 unspecified atom stereocenters. The van der Waals surface area contributed by atoms with Crippen LogP contribution in [0.15, 0.2) is 101 Å². The van der Waals surface area contributed by atoms with E-state index in [0.29, 0.717) is 28.1 Å². The zero-order valence-electron chi connectivity index (χ0n) is 61.6. The second-order valence-corrected chi connectivity index (χ2v) is 27.3. The van der Waals surface area contributed by atoms with Crippen LogP contribution in [0.5, 0.6) is 0 Å². The van der Waals surface area contributed by atoms with Gasteiger partial charge < -0.3 is 102 Å². The number of hydrogen-bond donors (Lipinski definition) is 18. The molecule has 0 radical (unpaired) electrons. The molecule has 4 aromatic rings. The Balaban J connectivity index is 1.47. The van der Waals surface area contributed by atoms with Crippen LogP contribution >= 0.6 is 11.6 Å². The summed E-state index contributed by atoms with van der Waals surface area (Å²) in [6, 6.07) is 5.13. The molecule has 12 atom stereocenters. The van der Waals surface area contributed by atoms with Gasteiger partial charge in [-0.05, 0) is 124 Å². The number of fused-ring (bicyclic) bond motifs is 1. The Kier molecular flexibility index (Phi) is 35.5. The number of carbonyl (C=O) groups excluding carboxylic acids is 13. The molecule has 36 nitrogen and oxygen atoms in total. The van der Waals surface area contributed by atoms with Gasteiger partial charge in [-0.3, -0.25) is 82.1 Å². The van der Waals surface area contributed by atoms with Crippen molar-refractivity contribution in [2.75, 3.05) is 26.2 Å². The SMILES string of the molecule is CC(=O)N[C@H](Cc1ccc2ccccc2c1)C(=O)N[C@@H](Cc1ccc(Cl)cc1)C(=O)N[C@H](Cc1cccnc1)C(=O)N[C@@H](CO)C(=O)N[C@@H](CCCN=C(N)N)C(=O)N[C@@H](CCC(=O)N[C@@H](C)C(=O)N[C@@H](C)C(=O)O)C(=O)N[C@@H](CC(C)C)C(=O)N[C@@H](CCCN=C(N)N)C(=O)N1CCC[C@@H]1C(=O)N[C@@H](C)C(N)=O. The quantitative estimate of drug-likeness (QED) is 0.0118. The van der Waals surface area contributed by atoms with Crippen molar-refractivity contribution < 1.29 is 77.3 Å². The number of pyridine rings is 1. The van der Waals surface area contributed by atoms with Crippen LogP contribution in [0, 0.1) is 5.92 Å². The molecule has 1 saturated heterocycles. The number of aliphatic imine (C=N–C) groups is 2. The molecule has 0 saturated carbocycles. The normalized spacial score (nSPS) is 15.5. The van der Waals surface area contributed by atoms with Crippen LogP contribution in [0.25, 0.3) is 10.8 Å². The summed E-state index contributed by atoms with van der Waals surface area (Å²) >= 11 is 6.23. The lowest BCUT2D eigenvalue weighted by atomic mass is 9.99. The van der Waals surface area contributed by atoms with Crippen LogP contribution in [-0.4, -0.2) is 214 Å². The molecule has 5 rings (SSSR count). The van der Waals surface area contributed by atoms with Crippen LogP contribution < -0.4 is 87.2 Å². The predicted molar refractivity (Wildman–Crippen MR) is 402 cm³/mol. The van der Waals surface area contributed by atoms with Crippen LogP contribution in [0.1, 0.15) is 116 Å². The monoisotopic (exact) mass is 1540 g/mol. The highest BCUT2D eigenvalue weighted by Crippen LogP contribution is 2.22. The Hall–Kier alpha value is -11.6. The maximum atomic E-state index is 14.9. The van der Waals surface area contributed by atoms with Gasteiger partial charge in [-0.2, -0.15) is 0 Å². The number of aliphatic hydroxyl groups is 1. The van der Waals surface area contributed by atoms with Gasteiger partial charge >= 0.3 is 5.97 Å². The molecule has 109 heavy (non-hydrogen) atoms. The molecular weight excluding hydrogens is 1440 g/mol. The molecule has 592 valence electrons. The number of nitrogens with one attached hydrogen (secondary N) is 11. The number of halogens is 1. The van der Waals surface area contributed by atoms with Gasteiger partial charge in [0.15, 0.2) is 11.9 Å². The molecule has 0 aliphatic carbocycles. The number of primary amides is 1. The summed E-state index contributed by atoms with van der Waals surface area (Å²) in [5, 5.41) is 50.5. The number of amides is 13. The van der Waals surface area contributed by atoms with Gasteiger partial charge in [0.05, 0.1) is 6.61 Å². The molecule has 1 fully saturated rings. The lowest BCUT2D eigenvalue weighted by Crippen LogP contribution is -2.61. The maximum Gasteiger partial charge on any atom is 0.325 e. The van der Waals surface area contributed by atoms with E-state index in [0.717, 1.165) is 10.8 Å². The highest BCUT2D eigenvalue weighted by atomic mass is 35.5. The Morgan fingerprint density at radius 3 is 1.57 bits per heavy atom. The molecule has 3 aromatic carbocycles. The third-order valence-corrected chi connectivity index (χ3v) is 17.7. The number of aliphatic hydroxyl groups excluding tert-OH is 1. The van der Waals surface area contributed by atoms with Gasteiger partial charge in [-0.15, -0.1) is 0 Å². The van der Waals surface area contributed by atoms with Gasteiger partial charge in [-0.1, -0.05) is 86.1 Å². The first-order chi connectivity index (χ1) is 51.6. The summed E-state index contributed by atoms with van der Waals surface area (Å²) in [7, 11) is 0. The molecule has 1 aromatic heterocycles. The topological polar surface area (TPSA) is 583 Å². The minimum atomic E-state index is -1.91. The Bertz CT molecular complexity index is 3920. The predicted octanol–water partition coefficient (Wildman–Crippen LogP) is -3.18. The number of nitrogens with zero attached hydrogens (tertiary/aromatic N) is 4. The van der Waals surface area contributed by atoms with Gasteiger partial charge in [0.1, 0.15) is 72.5 Å². The molecule has 37 heteroatoms. The maximum absolute atomic E-state index is 14.9. The second-order valence-electron chi connectivity index (χ2n) is 26.9. The number of carboxylic acid groups (broad SMARTS) is 1. The average molecular weight is 1540 g/mol. The molecule has 0 spiro atoms. The van der Waals surface area contributed by atoms with Crippen molar-refractivity contribution in [3.05, 3.63) is 113 Å². The largest absolute Gasteiger partial charge is 0.480 e. The highest BCUT2D eigenvalue weighted by Gasteiger charge is 2.41. The van der Waals surface area contributed by atoms with Crippen molar-refractivity contribution in [2.24, 2.45) is 44.6 Å². The summed E-state index contributed by atoms with van der Waals surface area (Å²) in [4.78, 5) is 207. The van der Waals surface area contributed by atoms with E-state index in [1.807, 2.05) is 36.4 Å². The van der Waals surface area contributed by atoms with Crippen molar-refractivity contribution in [1.82, 2.24) is 68.4 Å². The lowest BCUT2D eigenvalue weighted by Gasteiger charge is -2.31. The molecule has 1 aliphatic heterocycles. The van der Waals surface area contributed by atoms with Crippen LogP contribution in [0.4, 0.5) is 0 Å². The average Bonchev–Trinajstić information content (AvgIpc) is 1.82. The van der Waals surface area contributed by atoms with E-state index in [4.69, 9.17) is 40.3 Å². The first-order valence-electron chi connectivity index (χ1n) is 35.6. The summed E-state index contributed by atoms with van der Waals surface area (Å²) in [5.41, 5.74) is 29.3. The van der Waals surface area contributed by atoms with Gasteiger partial charge in [-0.25, -0.2) is 0 Å². The summed E-state index contributed by atoms with van der Waals surface area (Å²) in [6.45, 7) is 7.26. The number of nitrogens with two attached hydrogens (primary N) is 5. The zero-order valence-corrected chi connectivity index (χ0v) is 62.4. The molecule has 23 N–H and O–H groups in total.